The average Bonchev–Trinajstić information content (AvgIpc) is 3.55. The first kappa shape index (κ1) is 35.2. The van der Waals surface area contributed by atoms with Crippen molar-refractivity contribution in [2.24, 2.45) is 0 Å². The molecule has 0 N–H and O–H groups in total. The van der Waals surface area contributed by atoms with Crippen molar-refractivity contribution < 1.29 is 24.5 Å². The quantitative estimate of drug-likeness (QED) is 0.123. The van der Waals surface area contributed by atoms with Gasteiger partial charge in [-0.3, -0.25) is 0 Å². The van der Waals surface area contributed by atoms with Crippen molar-refractivity contribution in [3.63, 3.8) is 0 Å². The van der Waals surface area contributed by atoms with Gasteiger partial charge in [0, 0.05) is 43.2 Å². The summed E-state index contributed by atoms with van der Waals surface area (Å²) in [4.78, 5) is 9.23. The molecule has 1 unspecified atom stereocenters. The fourth-order valence-electron chi connectivity index (χ4n) is 6.14. The molecule has 0 saturated carbocycles. The minimum Gasteiger partial charge on any atom is 0 e. The van der Waals surface area contributed by atoms with Crippen LogP contribution in [0.3, 0.4) is 0 Å². The second-order valence-electron chi connectivity index (χ2n) is 13.3. The zero-order valence-corrected chi connectivity index (χ0v) is 33.1. The number of benzene rings is 5. The van der Waals surface area contributed by atoms with E-state index in [0.717, 1.165) is 55.6 Å². The van der Waals surface area contributed by atoms with Crippen LogP contribution >= 0.6 is 0 Å². The van der Waals surface area contributed by atoms with Crippen LogP contribution in [-0.4, -0.2) is 23.2 Å². The van der Waals surface area contributed by atoms with Gasteiger partial charge in [-0.05, 0) is 28.5 Å². The Bertz CT molecular complexity index is 2310. The molecule has 8 aromatic rings. The molecule has 0 saturated heterocycles. The van der Waals surface area contributed by atoms with Gasteiger partial charge < -0.3 is 9.40 Å². The maximum atomic E-state index is 6.54. The Balaban J connectivity index is 0.000000215. The van der Waals surface area contributed by atoms with Crippen molar-refractivity contribution >= 4 is 39.6 Å². The molecule has 249 valence electrons. The normalized spacial score (nSPS) is 11.8. The van der Waals surface area contributed by atoms with E-state index in [0.29, 0.717) is 0 Å². The summed E-state index contributed by atoms with van der Waals surface area (Å²) in [6.07, 6.45) is 3.92. The van der Waals surface area contributed by atoms with E-state index < -0.39 is 13.3 Å². The zero-order valence-electron chi connectivity index (χ0n) is 28.6. The van der Waals surface area contributed by atoms with Crippen molar-refractivity contribution in [1.82, 2.24) is 9.97 Å². The molecule has 50 heavy (non-hydrogen) atoms. The van der Waals surface area contributed by atoms with Gasteiger partial charge in [-0.2, -0.15) is 0 Å². The van der Waals surface area contributed by atoms with Crippen LogP contribution in [-0.2, 0) is 20.1 Å². The second-order valence-corrected chi connectivity index (χ2v) is 24.0. The molecule has 0 aliphatic rings. The van der Waals surface area contributed by atoms with E-state index in [-0.39, 0.29) is 26.0 Å². The van der Waals surface area contributed by atoms with Crippen LogP contribution in [0.25, 0.3) is 55.6 Å². The first-order valence-electron chi connectivity index (χ1n) is 16.7. The Hall–Kier alpha value is -4.61. The fourth-order valence-corrected chi connectivity index (χ4v) is 8.31. The number of hydrogen-bond donors (Lipinski definition) is 0. The van der Waals surface area contributed by atoms with Crippen LogP contribution in [0.4, 0.5) is 0 Å². The van der Waals surface area contributed by atoms with E-state index in [4.69, 9.17) is 9.40 Å². The zero-order chi connectivity index (χ0) is 33.8. The summed E-state index contributed by atoms with van der Waals surface area (Å²) in [5, 5.41) is 2.19. The van der Waals surface area contributed by atoms with E-state index >= 15 is 0 Å². The summed E-state index contributed by atoms with van der Waals surface area (Å²) in [6.45, 7) is 2.23. The predicted octanol–water partition coefficient (Wildman–Crippen LogP) is 11.4. The maximum absolute atomic E-state index is 6.54. The SMILES string of the molecule is CC(c1ccccc1)c1ccnc(-c2[c-]ccc3c2oc2c(-c4ccccc4)cccc23)c1.[CH3][Ge]([CH3])([CH3])[c]1ccc(-c2[c-]cccc2)nc1.[Ir]. The number of fused-ring (bicyclic) bond motifs is 3. The Morgan fingerprint density at radius 3 is 2.06 bits per heavy atom. The van der Waals surface area contributed by atoms with Crippen LogP contribution in [0, 0.1) is 12.1 Å². The average molecular weight is 888 g/mol. The van der Waals surface area contributed by atoms with Crippen LogP contribution in [0.5, 0.6) is 0 Å². The van der Waals surface area contributed by atoms with E-state index in [9.17, 15) is 0 Å². The van der Waals surface area contributed by atoms with Crippen LogP contribution in [0.2, 0.25) is 17.3 Å². The van der Waals surface area contributed by atoms with Gasteiger partial charge in [0.1, 0.15) is 5.58 Å². The molecule has 3 aromatic heterocycles. The monoisotopic (exact) mass is 889 g/mol. The second kappa shape index (κ2) is 15.5. The molecule has 3 nitrogen and oxygen atoms in total. The molecule has 3 heterocycles. The van der Waals surface area contributed by atoms with Crippen LogP contribution < -0.4 is 4.40 Å². The third-order valence-electron chi connectivity index (χ3n) is 9.00. The minimum absolute atomic E-state index is 0. The van der Waals surface area contributed by atoms with Crippen molar-refractivity contribution in [3.8, 4) is 33.6 Å². The summed E-state index contributed by atoms with van der Waals surface area (Å²) in [7, 11) is 0. The topological polar surface area (TPSA) is 38.9 Å². The Labute approximate surface area is 311 Å². The van der Waals surface area contributed by atoms with Crippen molar-refractivity contribution in [3.05, 3.63) is 175 Å². The minimum atomic E-state index is -1.72. The van der Waals surface area contributed by atoms with Crippen molar-refractivity contribution in [2.75, 3.05) is 0 Å². The molecule has 1 atom stereocenters. The van der Waals surface area contributed by atoms with E-state index in [2.05, 4.69) is 144 Å². The number of aromatic nitrogens is 2. The summed E-state index contributed by atoms with van der Waals surface area (Å²) in [6, 6.07) is 54.4. The number of furan rings is 1. The molecular formula is C45H38GeIrN2O-2. The molecule has 5 aromatic carbocycles. The first-order chi connectivity index (χ1) is 23.9. The van der Waals surface area contributed by atoms with Gasteiger partial charge in [-0.25, -0.2) is 0 Å². The Kier molecular flexibility index (Phi) is 10.9. The fraction of sp³-hybridized carbons (Fsp3) is 0.111. The Morgan fingerprint density at radius 2 is 1.36 bits per heavy atom. The van der Waals surface area contributed by atoms with Crippen molar-refractivity contribution in [1.29, 1.82) is 0 Å². The van der Waals surface area contributed by atoms with Gasteiger partial charge in [0.15, 0.2) is 0 Å². The number of nitrogens with zero attached hydrogens (tertiary/aromatic N) is 2. The molecule has 0 spiro atoms. The molecule has 8 rings (SSSR count). The van der Waals surface area contributed by atoms with Crippen molar-refractivity contribution in [2.45, 2.75) is 30.1 Å². The predicted molar refractivity (Wildman–Crippen MR) is 207 cm³/mol. The van der Waals surface area contributed by atoms with E-state index in [1.807, 2.05) is 48.8 Å². The summed E-state index contributed by atoms with van der Waals surface area (Å²) < 4.78 is 7.98. The maximum Gasteiger partial charge on any atom is 0 e. The van der Waals surface area contributed by atoms with E-state index in [1.165, 1.54) is 15.5 Å². The molecule has 0 fully saturated rings. The molecule has 0 aliphatic carbocycles. The molecular weight excluding hydrogens is 849 g/mol. The van der Waals surface area contributed by atoms with Gasteiger partial charge in [0.05, 0.1) is 5.58 Å². The standard InChI is InChI=1S/C31H22NO.C14H16GeN.Ir/c1-21(22-10-4-2-5-11-22)24-18-19-32-29(20-24)28-17-9-16-27-26-15-8-14-25(30(26)33-31(27)28)23-12-6-3-7-13-23;1-15(2,3)13-9-10-14(16-11-13)12-7-5-4-6-8-12;/h2-16,18-21H,1H3;4-7,9-11H,1-3H3;/q2*-1;. The molecule has 0 bridgehead atoms. The van der Waals surface area contributed by atoms with E-state index in [1.54, 1.807) is 0 Å². The summed E-state index contributed by atoms with van der Waals surface area (Å²) >= 11 is -1.72. The van der Waals surface area contributed by atoms with Gasteiger partial charge in [0.25, 0.3) is 0 Å². The first-order valence-corrected chi connectivity index (χ1v) is 24.1. The number of hydrogen-bond acceptors (Lipinski definition) is 3. The van der Waals surface area contributed by atoms with Gasteiger partial charge >= 0.3 is 99.8 Å². The summed E-state index contributed by atoms with van der Waals surface area (Å²) in [5.41, 5.74) is 10.3. The number of para-hydroxylation sites is 1. The van der Waals surface area contributed by atoms with Gasteiger partial charge in [-0.15, -0.1) is 18.2 Å². The Morgan fingerprint density at radius 1 is 0.620 bits per heavy atom. The number of rotatable bonds is 6. The third-order valence-corrected chi connectivity index (χ3v) is 13.3. The molecule has 5 heteroatoms. The van der Waals surface area contributed by atoms with Crippen LogP contribution in [0.1, 0.15) is 24.0 Å². The molecule has 0 aliphatic heterocycles. The van der Waals surface area contributed by atoms with Crippen LogP contribution in [0.15, 0.2) is 156 Å². The largest absolute Gasteiger partial charge is 0 e. The number of pyridine rings is 2. The summed E-state index contributed by atoms with van der Waals surface area (Å²) in [5.74, 6) is 7.41. The molecule has 0 amide bonds. The molecule has 1 radical (unpaired) electrons. The third kappa shape index (κ3) is 7.59. The van der Waals surface area contributed by atoms with Gasteiger partial charge in [-0.1, -0.05) is 103 Å². The smallest absolute Gasteiger partial charge is 0 e. The van der Waals surface area contributed by atoms with Gasteiger partial charge in [0.2, 0.25) is 0 Å².